The number of aryl methyl sites for hydroxylation is 1. The van der Waals surface area contributed by atoms with Crippen molar-refractivity contribution in [2.45, 2.75) is 33.2 Å². The maximum absolute atomic E-state index is 13.3. The topological polar surface area (TPSA) is 126 Å². The summed E-state index contributed by atoms with van der Waals surface area (Å²) in [5, 5.41) is 21.2. The number of anilines is 1. The van der Waals surface area contributed by atoms with E-state index in [1.807, 2.05) is 6.92 Å². The van der Waals surface area contributed by atoms with Gasteiger partial charge >= 0.3 is 11.9 Å². The quantitative estimate of drug-likeness (QED) is 0.188. The predicted octanol–water partition coefficient (Wildman–Crippen LogP) is 4.75. The maximum Gasteiger partial charge on any atom is 0.350 e. The van der Waals surface area contributed by atoms with Crippen LogP contribution >= 0.6 is 11.3 Å². The van der Waals surface area contributed by atoms with Crippen molar-refractivity contribution in [1.82, 2.24) is 4.98 Å². The van der Waals surface area contributed by atoms with Crippen molar-refractivity contribution in [3.8, 4) is 11.5 Å². The zero-order chi connectivity index (χ0) is 26.7. The van der Waals surface area contributed by atoms with Crippen molar-refractivity contribution in [1.29, 1.82) is 0 Å². The van der Waals surface area contributed by atoms with Gasteiger partial charge in [0, 0.05) is 5.56 Å². The molecule has 0 spiro atoms. The fourth-order valence-electron chi connectivity index (χ4n) is 3.96. The van der Waals surface area contributed by atoms with Gasteiger partial charge in [-0.05, 0) is 62.2 Å². The lowest BCUT2D eigenvalue weighted by atomic mass is 9.95. The molecule has 1 unspecified atom stereocenters. The fraction of sp³-hybridized carbons (Fsp3) is 0.259. The number of aliphatic hydroxyl groups excluding tert-OH is 1. The van der Waals surface area contributed by atoms with Crippen molar-refractivity contribution in [3.63, 3.8) is 0 Å². The summed E-state index contributed by atoms with van der Waals surface area (Å²) in [6.45, 7) is 5.99. The first-order chi connectivity index (χ1) is 17.8. The maximum atomic E-state index is 13.3. The molecule has 2 aromatic carbocycles. The molecule has 192 valence electrons. The number of ketones is 1. The number of hydrogen-bond acceptors (Lipinski definition) is 9. The summed E-state index contributed by atoms with van der Waals surface area (Å²) in [7, 11) is 0. The summed E-state index contributed by atoms with van der Waals surface area (Å²) in [6.07, 6.45) is 0.839. The predicted molar refractivity (Wildman–Crippen MR) is 138 cm³/mol. The molecule has 0 bridgehead atoms. The second kappa shape index (κ2) is 10.8. The minimum absolute atomic E-state index is 0.00180. The van der Waals surface area contributed by atoms with Crippen LogP contribution in [0.3, 0.4) is 0 Å². The Morgan fingerprint density at radius 1 is 1.08 bits per heavy atom. The first-order valence-corrected chi connectivity index (χ1v) is 12.6. The molecule has 9 nitrogen and oxygen atoms in total. The number of Topliss-reactive ketones (excluding diaryl/α,β-unsaturated/α-hetero) is 1. The minimum atomic E-state index is -1.04. The van der Waals surface area contributed by atoms with Crippen molar-refractivity contribution in [2.75, 3.05) is 18.1 Å². The van der Waals surface area contributed by atoms with Gasteiger partial charge in [0.05, 0.1) is 30.5 Å². The first-order valence-electron chi connectivity index (χ1n) is 11.7. The van der Waals surface area contributed by atoms with Gasteiger partial charge in [-0.15, -0.1) is 0 Å². The van der Waals surface area contributed by atoms with Crippen molar-refractivity contribution >= 4 is 39.9 Å². The molecule has 1 amide bonds. The number of benzene rings is 2. The summed E-state index contributed by atoms with van der Waals surface area (Å²) >= 11 is 0.928. The average Bonchev–Trinajstić information content (AvgIpc) is 3.40. The monoisotopic (exact) mass is 522 g/mol. The Morgan fingerprint density at radius 3 is 2.38 bits per heavy atom. The van der Waals surface area contributed by atoms with E-state index in [4.69, 9.17) is 9.47 Å². The van der Waals surface area contributed by atoms with Gasteiger partial charge in [-0.1, -0.05) is 30.4 Å². The van der Waals surface area contributed by atoms with Crippen LogP contribution in [0.4, 0.5) is 5.13 Å². The Balaban J connectivity index is 1.84. The third-order valence-electron chi connectivity index (χ3n) is 5.71. The second-order valence-electron chi connectivity index (χ2n) is 8.26. The number of amides is 1. The van der Waals surface area contributed by atoms with Crippen LogP contribution in [0.2, 0.25) is 0 Å². The highest BCUT2D eigenvalue weighted by atomic mass is 32.1. The molecule has 1 fully saturated rings. The van der Waals surface area contributed by atoms with Crippen LogP contribution in [0.5, 0.6) is 11.5 Å². The normalized spacial score (nSPS) is 16.7. The van der Waals surface area contributed by atoms with E-state index < -0.39 is 23.7 Å². The summed E-state index contributed by atoms with van der Waals surface area (Å²) in [5.41, 5.74) is 1.01. The summed E-state index contributed by atoms with van der Waals surface area (Å²) in [6, 6.07) is 11.5. The highest BCUT2D eigenvalue weighted by Gasteiger charge is 2.48. The molecule has 37 heavy (non-hydrogen) atoms. The van der Waals surface area contributed by atoms with E-state index in [2.05, 4.69) is 4.98 Å². The van der Waals surface area contributed by atoms with E-state index in [1.165, 1.54) is 17.0 Å². The van der Waals surface area contributed by atoms with Gasteiger partial charge in [-0.3, -0.25) is 14.5 Å². The molecule has 0 saturated carbocycles. The number of carbonyl (C=O) groups excluding carboxylic acids is 3. The number of aromatic nitrogens is 1. The number of carbonyl (C=O) groups is 3. The van der Waals surface area contributed by atoms with E-state index in [1.54, 1.807) is 50.2 Å². The number of ether oxygens (including phenoxy) is 2. The van der Waals surface area contributed by atoms with Crippen LogP contribution in [-0.4, -0.2) is 46.1 Å². The van der Waals surface area contributed by atoms with Crippen LogP contribution in [0, 0.1) is 6.92 Å². The largest absolute Gasteiger partial charge is 0.508 e. The number of aromatic hydroxyl groups is 1. The van der Waals surface area contributed by atoms with Crippen LogP contribution in [0.1, 0.15) is 52.8 Å². The van der Waals surface area contributed by atoms with Gasteiger partial charge in [0.1, 0.15) is 22.1 Å². The van der Waals surface area contributed by atoms with E-state index in [-0.39, 0.29) is 33.7 Å². The lowest BCUT2D eigenvalue weighted by Crippen LogP contribution is -2.29. The van der Waals surface area contributed by atoms with Gasteiger partial charge in [-0.25, -0.2) is 9.78 Å². The number of rotatable bonds is 8. The SMILES string of the molecule is CCCOc1ccc(/C(O)=C2\C(=O)C(=O)N(c3nc(C)c(C(=O)OCC)s3)C2c2ccc(O)cc2)cc1. The Bertz CT molecular complexity index is 1360. The number of phenolic OH excluding ortho intramolecular Hbond substituents is 1. The summed E-state index contributed by atoms with van der Waals surface area (Å²) in [4.78, 5) is 44.7. The van der Waals surface area contributed by atoms with Gasteiger partial charge in [0.25, 0.3) is 5.78 Å². The molecule has 3 aromatic rings. The molecule has 2 N–H and O–H groups in total. The van der Waals surface area contributed by atoms with E-state index in [9.17, 15) is 24.6 Å². The smallest absolute Gasteiger partial charge is 0.350 e. The van der Waals surface area contributed by atoms with E-state index >= 15 is 0 Å². The Morgan fingerprint density at radius 2 is 1.76 bits per heavy atom. The zero-order valence-corrected chi connectivity index (χ0v) is 21.4. The number of thiazole rings is 1. The second-order valence-corrected chi connectivity index (χ2v) is 9.24. The Kier molecular flexibility index (Phi) is 7.58. The average molecular weight is 523 g/mol. The van der Waals surface area contributed by atoms with Crippen LogP contribution in [0.15, 0.2) is 54.1 Å². The Labute approximate surface area is 217 Å². The lowest BCUT2D eigenvalue weighted by molar-refractivity contribution is -0.132. The molecule has 1 aromatic heterocycles. The highest BCUT2D eigenvalue weighted by Crippen LogP contribution is 2.44. The third kappa shape index (κ3) is 5.05. The first kappa shape index (κ1) is 25.9. The molecule has 0 aliphatic carbocycles. The van der Waals surface area contributed by atoms with Crippen LogP contribution in [-0.2, 0) is 14.3 Å². The minimum Gasteiger partial charge on any atom is -0.508 e. The third-order valence-corrected chi connectivity index (χ3v) is 6.84. The number of nitrogens with zero attached hydrogens (tertiary/aromatic N) is 2. The van der Waals surface area contributed by atoms with Gasteiger partial charge < -0.3 is 19.7 Å². The lowest BCUT2D eigenvalue weighted by Gasteiger charge is -2.23. The van der Waals surface area contributed by atoms with E-state index in [0.717, 1.165) is 17.8 Å². The molecular formula is C27H26N2O7S. The number of esters is 1. The number of aliphatic hydroxyl groups is 1. The highest BCUT2D eigenvalue weighted by molar-refractivity contribution is 7.17. The molecule has 1 aliphatic rings. The molecular weight excluding hydrogens is 496 g/mol. The Hall–Kier alpha value is -4.18. The fourth-order valence-corrected chi connectivity index (χ4v) is 4.94. The van der Waals surface area contributed by atoms with Crippen molar-refractivity contribution in [2.24, 2.45) is 0 Å². The number of phenols is 1. The summed E-state index contributed by atoms with van der Waals surface area (Å²) < 4.78 is 10.7. The summed E-state index contributed by atoms with van der Waals surface area (Å²) in [5.74, 6) is -2.12. The number of hydrogen-bond donors (Lipinski definition) is 2. The van der Waals surface area contributed by atoms with Crippen molar-refractivity contribution < 1.29 is 34.1 Å². The van der Waals surface area contributed by atoms with Crippen molar-refractivity contribution in [3.05, 3.63) is 75.8 Å². The molecule has 2 heterocycles. The molecule has 10 heteroatoms. The van der Waals surface area contributed by atoms with Crippen LogP contribution < -0.4 is 9.64 Å². The molecule has 4 rings (SSSR count). The van der Waals surface area contributed by atoms with Gasteiger partial charge in [0.2, 0.25) is 0 Å². The molecule has 1 atom stereocenters. The molecule has 1 saturated heterocycles. The van der Waals surface area contributed by atoms with Crippen LogP contribution in [0.25, 0.3) is 5.76 Å². The molecule has 1 aliphatic heterocycles. The standard InChI is InChI=1S/C27H26N2O7S/c1-4-14-36-19-12-8-17(9-13-19)22(31)20-21(16-6-10-18(30)11-7-16)29(25(33)23(20)32)27-28-15(3)24(37-27)26(34)35-5-2/h6-13,21,30-31H,4-5,14H2,1-3H3/b22-20+. The van der Waals surface area contributed by atoms with Gasteiger partial charge in [-0.2, -0.15) is 0 Å². The zero-order valence-electron chi connectivity index (χ0n) is 20.6. The molecule has 0 radical (unpaired) electrons. The van der Waals surface area contributed by atoms with Gasteiger partial charge in [0.15, 0.2) is 5.13 Å². The van der Waals surface area contributed by atoms with E-state index in [0.29, 0.717) is 29.2 Å².